The molecule has 0 N–H and O–H groups in total. The molecule has 0 spiro atoms. The van der Waals surface area contributed by atoms with Gasteiger partial charge in [-0.25, -0.2) is 8.78 Å². The number of carbonyl (C=O) groups excluding carboxylic acids is 1. The van der Waals surface area contributed by atoms with Gasteiger partial charge in [-0.2, -0.15) is 0 Å². The van der Waals surface area contributed by atoms with Crippen molar-refractivity contribution < 1.29 is 13.6 Å². The van der Waals surface area contributed by atoms with Crippen LogP contribution in [0.4, 0.5) is 8.78 Å². The van der Waals surface area contributed by atoms with Gasteiger partial charge in [-0.3, -0.25) is 4.79 Å². The normalized spacial score (nSPS) is 18.3. The predicted octanol–water partition coefficient (Wildman–Crippen LogP) is 4.93. The van der Waals surface area contributed by atoms with Crippen molar-refractivity contribution >= 4 is 17.9 Å². The first-order chi connectivity index (χ1) is 14.3. The van der Waals surface area contributed by atoms with E-state index in [-0.39, 0.29) is 22.7 Å². The number of rotatable bonds is 2. The molecule has 1 nitrogen and oxygen atoms in total. The van der Waals surface area contributed by atoms with Gasteiger partial charge < -0.3 is 0 Å². The third kappa shape index (κ3) is 2.92. The second-order valence-corrected chi connectivity index (χ2v) is 8.91. The fraction of sp³-hybridized carbons (Fsp3) is 0.222. The fourth-order valence-electron chi connectivity index (χ4n) is 4.99. The van der Waals surface area contributed by atoms with Gasteiger partial charge in [0.2, 0.25) is 0 Å². The quantitative estimate of drug-likeness (QED) is 0.558. The maximum Gasteiger partial charge on any atom is 0.169 e. The van der Waals surface area contributed by atoms with Crippen molar-refractivity contribution in [1.29, 1.82) is 0 Å². The minimum Gasteiger partial charge on any atom is -0.294 e. The predicted molar refractivity (Wildman–Crippen MR) is 116 cm³/mol. The first-order valence-corrected chi connectivity index (χ1v) is 10.3. The van der Waals surface area contributed by atoms with Crippen molar-refractivity contribution in [3.05, 3.63) is 93.4 Å². The Kier molecular flexibility index (Phi) is 4.25. The lowest BCUT2D eigenvalue weighted by Crippen LogP contribution is -2.43. The number of ketones is 1. The summed E-state index contributed by atoms with van der Waals surface area (Å²) in [6.45, 7) is 4.29. The van der Waals surface area contributed by atoms with Crippen LogP contribution in [0.25, 0.3) is 23.3 Å². The van der Waals surface area contributed by atoms with Crippen LogP contribution in [0.3, 0.4) is 0 Å². The zero-order valence-electron chi connectivity index (χ0n) is 17.0. The summed E-state index contributed by atoms with van der Waals surface area (Å²) in [6, 6.07) is 16.2. The Morgan fingerprint density at radius 1 is 0.933 bits per heavy atom. The third-order valence-corrected chi connectivity index (χ3v) is 6.49. The lowest BCUT2D eigenvalue weighted by Gasteiger charge is -2.34. The minimum atomic E-state index is -0.987. The van der Waals surface area contributed by atoms with Gasteiger partial charge in [0.15, 0.2) is 17.4 Å². The molecule has 1 unspecified atom stereocenters. The first-order valence-electron chi connectivity index (χ1n) is 10.3. The summed E-state index contributed by atoms with van der Waals surface area (Å²) in [6.07, 6.45) is 5.77. The van der Waals surface area contributed by atoms with Gasteiger partial charge >= 0.3 is 0 Å². The summed E-state index contributed by atoms with van der Waals surface area (Å²) in [4.78, 5) is 13.2. The monoisotopic (exact) mass is 400 g/mol. The average Bonchev–Trinajstić information content (AvgIpc) is 2.74. The maximum atomic E-state index is 13.7. The topological polar surface area (TPSA) is 17.1 Å². The van der Waals surface area contributed by atoms with E-state index in [1.165, 1.54) is 33.5 Å². The average molecular weight is 400 g/mol. The molecule has 5 rings (SSSR count). The maximum absolute atomic E-state index is 13.7. The number of fused-ring (bicyclic) bond motifs is 5. The van der Waals surface area contributed by atoms with Crippen molar-refractivity contribution in [2.45, 2.75) is 32.1 Å². The number of carbonyl (C=O) groups is 1. The Morgan fingerprint density at radius 3 is 2.53 bits per heavy atom. The molecular formula is C27H22F2O. The molecule has 0 saturated heterocycles. The zero-order chi connectivity index (χ0) is 21.0. The Labute approximate surface area is 174 Å². The van der Waals surface area contributed by atoms with E-state index in [1.54, 1.807) is 0 Å². The Morgan fingerprint density at radius 2 is 1.73 bits per heavy atom. The minimum absolute atomic E-state index is 0.165. The number of hydrogen-bond acceptors (Lipinski definition) is 1. The SMILES string of the molecule is CC1(C)CC(C(=O)c2ccc(F)c(F)c2)C=c2c1ccc1c2=CCc2ccccc2-1. The first kappa shape index (κ1) is 18.9. The molecule has 30 heavy (non-hydrogen) atoms. The lowest BCUT2D eigenvalue weighted by atomic mass is 9.69. The van der Waals surface area contributed by atoms with Crippen molar-refractivity contribution in [2.75, 3.05) is 0 Å². The van der Waals surface area contributed by atoms with Crippen LogP contribution in [-0.2, 0) is 11.8 Å². The molecule has 0 fully saturated rings. The Hall–Kier alpha value is -3.07. The fourth-order valence-corrected chi connectivity index (χ4v) is 4.99. The molecule has 1 atom stereocenters. The standard InChI is InChI=1S/C27H22F2O/c1-27(2)15-18(26(30)17-8-12-24(28)25(29)14-17)13-22-21-9-7-16-5-3-4-6-19(16)20(21)10-11-23(22)27/h3-6,8-14,18H,7,15H2,1-2H3. The highest BCUT2D eigenvalue weighted by Gasteiger charge is 2.34. The van der Waals surface area contributed by atoms with Crippen LogP contribution in [0.15, 0.2) is 54.6 Å². The van der Waals surface area contributed by atoms with Crippen LogP contribution in [0.5, 0.6) is 0 Å². The van der Waals surface area contributed by atoms with Crippen LogP contribution in [-0.4, -0.2) is 5.78 Å². The van der Waals surface area contributed by atoms with Crippen LogP contribution in [0.2, 0.25) is 0 Å². The summed E-state index contributed by atoms with van der Waals surface area (Å²) in [5.74, 6) is -2.47. The van der Waals surface area contributed by atoms with Gasteiger partial charge in [0, 0.05) is 11.5 Å². The van der Waals surface area contributed by atoms with Crippen LogP contribution in [0.1, 0.15) is 41.8 Å². The van der Waals surface area contributed by atoms with Gasteiger partial charge in [0.05, 0.1) is 0 Å². The molecule has 2 aliphatic carbocycles. The third-order valence-electron chi connectivity index (χ3n) is 6.49. The van der Waals surface area contributed by atoms with Gasteiger partial charge in [0.25, 0.3) is 0 Å². The number of halogens is 2. The van der Waals surface area contributed by atoms with Crippen LogP contribution >= 0.6 is 0 Å². The molecule has 3 aromatic rings. The van der Waals surface area contributed by atoms with Crippen molar-refractivity contribution in [3.8, 4) is 11.1 Å². The van der Waals surface area contributed by atoms with Crippen LogP contribution < -0.4 is 10.4 Å². The zero-order valence-corrected chi connectivity index (χ0v) is 17.0. The van der Waals surface area contributed by atoms with Gasteiger partial charge in [-0.05, 0) is 69.1 Å². The number of hydrogen-bond donors (Lipinski definition) is 0. The number of Topliss-reactive ketones (excluding diaryl/α,β-unsaturated/α-hetero) is 1. The molecule has 0 heterocycles. The molecule has 0 saturated carbocycles. The molecule has 3 heteroatoms. The second-order valence-electron chi connectivity index (χ2n) is 8.91. The van der Waals surface area contributed by atoms with Crippen molar-refractivity contribution in [3.63, 3.8) is 0 Å². The van der Waals surface area contributed by atoms with E-state index in [9.17, 15) is 13.6 Å². The number of benzene rings is 3. The highest BCUT2D eigenvalue weighted by atomic mass is 19.2. The Balaban J connectivity index is 1.69. The molecule has 150 valence electrons. The molecule has 0 radical (unpaired) electrons. The van der Waals surface area contributed by atoms with E-state index in [0.29, 0.717) is 6.42 Å². The van der Waals surface area contributed by atoms with Crippen LogP contribution in [0, 0.1) is 17.6 Å². The molecule has 0 aliphatic heterocycles. The van der Waals surface area contributed by atoms with E-state index in [4.69, 9.17) is 0 Å². The summed E-state index contributed by atoms with van der Waals surface area (Å²) < 4.78 is 27.1. The lowest BCUT2D eigenvalue weighted by molar-refractivity contribution is 0.0933. The van der Waals surface area contributed by atoms with Gasteiger partial charge in [-0.1, -0.05) is 62.4 Å². The highest BCUT2D eigenvalue weighted by molar-refractivity contribution is 6.01. The van der Waals surface area contributed by atoms with E-state index in [2.05, 4.69) is 56.3 Å². The molecule has 0 bridgehead atoms. The van der Waals surface area contributed by atoms with E-state index < -0.39 is 11.6 Å². The summed E-state index contributed by atoms with van der Waals surface area (Å²) in [7, 11) is 0. The molecule has 0 amide bonds. The highest BCUT2D eigenvalue weighted by Crippen LogP contribution is 2.35. The van der Waals surface area contributed by atoms with Gasteiger partial charge in [-0.15, -0.1) is 0 Å². The van der Waals surface area contributed by atoms with Crippen molar-refractivity contribution in [1.82, 2.24) is 0 Å². The second kappa shape index (κ2) is 6.73. The summed E-state index contributed by atoms with van der Waals surface area (Å²) >= 11 is 0. The smallest absolute Gasteiger partial charge is 0.169 e. The van der Waals surface area contributed by atoms with E-state index >= 15 is 0 Å². The van der Waals surface area contributed by atoms with E-state index in [0.717, 1.165) is 23.8 Å². The van der Waals surface area contributed by atoms with Crippen molar-refractivity contribution in [2.24, 2.45) is 5.92 Å². The molecule has 2 aliphatic rings. The largest absolute Gasteiger partial charge is 0.294 e. The van der Waals surface area contributed by atoms with E-state index in [1.807, 2.05) is 6.08 Å². The molecular weight excluding hydrogens is 378 g/mol. The Bertz CT molecular complexity index is 1320. The molecule has 0 aromatic heterocycles. The summed E-state index contributed by atoms with van der Waals surface area (Å²) in [5.41, 5.74) is 4.96. The van der Waals surface area contributed by atoms with Gasteiger partial charge in [0.1, 0.15) is 0 Å². The molecule has 3 aromatic carbocycles. The summed E-state index contributed by atoms with van der Waals surface area (Å²) in [5, 5.41) is 2.27.